The van der Waals surface area contributed by atoms with E-state index in [-0.39, 0.29) is 16.8 Å². The van der Waals surface area contributed by atoms with Crippen LogP contribution in [0.4, 0.5) is 8.78 Å². The first-order chi connectivity index (χ1) is 10.9. The van der Waals surface area contributed by atoms with E-state index in [1.54, 1.807) is 6.20 Å². The zero-order chi connectivity index (χ0) is 16.6. The molecule has 0 saturated carbocycles. The molecule has 0 unspecified atom stereocenters. The van der Waals surface area contributed by atoms with Crippen LogP contribution in [0.3, 0.4) is 0 Å². The molecule has 0 aliphatic rings. The van der Waals surface area contributed by atoms with Gasteiger partial charge in [0.15, 0.2) is 11.6 Å². The zero-order valence-electron chi connectivity index (χ0n) is 13.0. The van der Waals surface area contributed by atoms with Crippen LogP contribution in [-0.4, -0.2) is 25.0 Å². The number of halogens is 2. The topological polar surface area (TPSA) is 56.5 Å². The molecule has 0 bridgehead atoms. The number of rotatable bonds is 3. The summed E-state index contributed by atoms with van der Waals surface area (Å²) in [5, 5.41) is 7.85. The number of aryl methyl sites for hydroxylation is 3. The summed E-state index contributed by atoms with van der Waals surface area (Å²) in [4.78, 5) is 8.64. The van der Waals surface area contributed by atoms with Crippen molar-refractivity contribution in [2.45, 2.75) is 27.3 Å². The average molecular weight is 315 g/mol. The molecule has 0 aliphatic carbocycles. The second-order valence-corrected chi connectivity index (χ2v) is 5.43. The van der Waals surface area contributed by atoms with Gasteiger partial charge < -0.3 is 0 Å². The molecule has 0 amide bonds. The molecule has 0 radical (unpaired) electrons. The molecule has 3 rings (SSSR count). The molecule has 0 saturated heterocycles. The monoisotopic (exact) mass is 315 g/mol. The Bertz CT molecular complexity index is 853. The molecule has 0 aliphatic heterocycles. The smallest absolute Gasteiger partial charge is 0.168 e. The molecule has 1 aromatic carbocycles. The van der Waals surface area contributed by atoms with Crippen molar-refractivity contribution < 1.29 is 8.78 Å². The molecule has 23 heavy (non-hydrogen) atoms. The summed E-state index contributed by atoms with van der Waals surface area (Å²) in [5.74, 6) is -1.19. The summed E-state index contributed by atoms with van der Waals surface area (Å²) in [5.41, 5.74) is 2.33. The maximum Gasteiger partial charge on any atom is 0.168 e. The third-order valence-corrected chi connectivity index (χ3v) is 3.42. The van der Waals surface area contributed by atoms with Crippen LogP contribution in [-0.2, 0) is 6.54 Å². The first kappa shape index (κ1) is 15.2. The fourth-order valence-electron chi connectivity index (χ4n) is 2.36. The molecule has 5 nitrogen and oxygen atoms in total. The van der Waals surface area contributed by atoms with Gasteiger partial charge in [-0.25, -0.2) is 23.4 Å². The van der Waals surface area contributed by atoms with Crippen LogP contribution in [0.2, 0.25) is 0 Å². The lowest BCUT2D eigenvalue weighted by Gasteiger charge is -2.03. The number of benzene rings is 1. The molecule has 2 aromatic heterocycles. The Morgan fingerprint density at radius 2 is 1.70 bits per heavy atom. The van der Waals surface area contributed by atoms with E-state index in [2.05, 4.69) is 20.3 Å². The van der Waals surface area contributed by atoms with Gasteiger partial charge >= 0.3 is 0 Å². The van der Waals surface area contributed by atoms with Crippen LogP contribution in [0.15, 0.2) is 24.4 Å². The maximum absolute atomic E-state index is 14.0. The lowest BCUT2D eigenvalue weighted by Crippen LogP contribution is -2.06. The van der Waals surface area contributed by atoms with E-state index >= 15 is 0 Å². The van der Waals surface area contributed by atoms with E-state index in [4.69, 9.17) is 0 Å². The lowest BCUT2D eigenvalue weighted by atomic mass is 10.1. The van der Waals surface area contributed by atoms with Gasteiger partial charge in [0, 0.05) is 17.0 Å². The van der Waals surface area contributed by atoms with Gasteiger partial charge in [-0.2, -0.15) is 0 Å². The van der Waals surface area contributed by atoms with E-state index in [1.165, 1.54) is 23.7 Å². The summed E-state index contributed by atoms with van der Waals surface area (Å²) < 4.78 is 29.2. The first-order valence-electron chi connectivity index (χ1n) is 7.10. The Balaban J connectivity index is 1.90. The van der Waals surface area contributed by atoms with Crippen molar-refractivity contribution in [3.63, 3.8) is 0 Å². The van der Waals surface area contributed by atoms with Crippen molar-refractivity contribution in [1.29, 1.82) is 0 Å². The minimum absolute atomic E-state index is 0.0840. The van der Waals surface area contributed by atoms with Crippen molar-refractivity contribution in [1.82, 2.24) is 25.0 Å². The predicted octanol–water partition coefficient (Wildman–Crippen LogP) is 2.99. The van der Waals surface area contributed by atoms with Gasteiger partial charge in [0.1, 0.15) is 18.1 Å². The Kier molecular flexibility index (Phi) is 3.85. The van der Waals surface area contributed by atoms with Crippen LogP contribution in [0, 0.1) is 32.4 Å². The molecule has 3 aromatic rings. The quantitative estimate of drug-likeness (QED) is 0.745. The molecule has 0 fully saturated rings. The van der Waals surface area contributed by atoms with Gasteiger partial charge in [-0.3, -0.25) is 0 Å². The first-order valence-corrected chi connectivity index (χ1v) is 7.10. The molecular weight excluding hydrogens is 300 g/mol. The highest BCUT2D eigenvalue weighted by Crippen LogP contribution is 2.24. The van der Waals surface area contributed by atoms with Crippen LogP contribution >= 0.6 is 0 Å². The largest absolute Gasteiger partial charge is 0.244 e. The minimum Gasteiger partial charge on any atom is -0.244 e. The Morgan fingerprint density at radius 3 is 2.39 bits per heavy atom. The van der Waals surface area contributed by atoms with Gasteiger partial charge in [0.05, 0.1) is 6.20 Å². The summed E-state index contributed by atoms with van der Waals surface area (Å²) in [6.45, 7) is 5.59. The summed E-state index contributed by atoms with van der Waals surface area (Å²) in [6.07, 6.45) is 1.55. The molecule has 0 spiro atoms. The highest BCUT2D eigenvalue weighted by atomic mass is 19.2. The highest BCUT2D eigenvalue weighted by molar-refractivity contribution is 5.59. The molecular formula is C16H15F2N5. The Morgan fingerprint density at radius 1 is 1.00 bits per heavy atom. The second-order valence-electron chi connectivity index (χ2n) is 5.43. The van der Waals surface area contributed by atoms with Crippen molar-refractivity contribution in [2.75, 3.05) is 0 Å². The van der Waals surface area contributed by atoms with Crippen LogP contribution < -0.4 is 0 Å². The predicted molar refractivity (Wildman–Crippen MR) is 80.7 cm³/mol. The van der Waals surface area contributed by atoms with E-state index in [0.29, 0.717) is 12.4 Å². The number of aromatic nitrogens is 5. The SMILES string of the molecule is Cc1cc(C)nc(Cn2cc(-c3ccc(C)c(F)c3F)nn2)n1. The number of hydrogen-bond donors (Lipinski definition) is 0. The van der Waals surface area contributed by atoms with Gasteiger partial charge in [0.2, 0.25) is 0 Å². The average Bonchev–Trinajstić information content (AvgIpc) is 2.92. The van der Waals surface area contributed by atoms with Gasteiger partial charge in [-0.15, -0.1) is 5.10 Å². The van der Waals surface area contributed by atoms with Crippen molar-refractivity contribution in [3.8, 4) is 11.3 Å². The number of hydrogen-bond acceptors (Lipinski definition) is 4. The Hall–Kier alpha value is -2.70. The zero-order valence-corrected chi connectivity index (χ0v) is 13.0. The molecule has 118 valence electrons. The van der Waals surface area contributed by atoms with Gasteiger partial charge in [-0.1, -0.05) is 11.3 Å². The van der Waals surface area contributed by atoms with Gasteiger partial charge in [-0.05, 0) is 38.5 Å². The van der Waals surface area contributed by atoms with E-state index in [9.17, 15) is 8.78 Å². The van der Waals surface area contributed by atoms with Crippen molar-refractivity contribution in [3.05, 3.63) is 58.8 Å². The maximum atomic E-state index is 14.0. The van der Waals surface area contributed by atoms with E-state index in [1.807, 2.05) is 19.9 Å². The normalized spacial score (nSPS) is 11.0. The highest BCUT2D eigenvalue weighted by Gasteiger charge is 2.15. The number of nitrogens with zero attached hydrogens (tertiary/aromatic N) is 5. The molecule has 2 heterocycles. The lowest BCUT2D eigenvalue weighted by molar-refractivity contribution is 0.505. The van der Waals surface area contributed by atoms with E-state index < -0.39 is 11.6 Å². The minimum atomic E-state index is -0.917. The third kappa shape index (κ3) is 3.08. The third-order valence-electron chi connectivity index (χ3n) is 3.42. The molecule has 0 N–H and O–H groups in total. The molecule has 0 atom stereocenters. The fourth-order valence-corrected chi connectivity index (χ4v) is 2.36. The van der Waals surface area contributed by atoms with Crippen LogP contribution in [0.5, 0.6) is 0 Å². The van der Waals surface area contributed by atoms with Crippen LogP contribution in [0.25, 0.3) is 11.3 Å². The molecule has 7 heteroatoms. The summed E-state index contributed by atoms with van der Waals surface area (Å²) in [6, 6.07) is 4.88. The van der Waals surface area contributed by atoms with Crippen molar-refractivity contribution in [2.24, 2.45) is 0 Å². The summed E-state index contributed by atoms with van der Waals surface area (Å²) in [7, 11) is 0. The van der Waals surface area contributed by atoms with Gasteiger partial charge in [0.25, 0.3) is 0 Å². The standard InChI is InChI=1S/C16H15F2N5/c1-9-4-5-12(16(18)15(9)17)13-7-23(22-21-13)8-14-19-10(2)6-11(3)20-14/h4-7H,8H2,1-3H3. The van der Waals surface area contributed by atoms with Crippen molar-refractivity contribution >= 4 is 0 Å². The second kappa shape index (κ2) is 5.83. The van der Waals surface area contributed by atoms with E-state index in [0.717, 1.165) is 11.4 Å². The summed E-state index contributed by atoms with van der Waals surface area (Å²) >= 11 is 0. The fraction of sp³-hybridized carbons (Fsp3) is 0.250. The van der Waals surface area contributed by atoms with Crippen LogP contribution in [0.1, 0.15) is 22.8 Å². The Labute approximate surface area is 132 Å².